The summed E-state index contributed by atoms with van der Waals surface area (Å²) >= 11 is 0. The molecule has 6 rings (SSSR count). The molecule has 0 saturated carbocycles. The van der Waals surface area contributed by atoms with Gasteiger partial charge in [-0.3, -0.25) is 0 Å². The molecule has 0 saturated heterocycles. The van der Waals surface area contributed by atoms with Gasteiger partial charge in [-0.05, 0) is 42.5 Å². The van der Waals surface area contributed by atoms with Gasteiger partial charge in [0.15, 0.2) is 0 Å². The molecule has 3 heteroatoms. The van der Waals surface area contributed by atoms with Gasteiger partial charge in [0.05, 0.1) is 16.7 Å². The molecular formula is C25H17N3. The van der Waals surface area contributed by atoms with Gasteiger partial charge in [0.1, 0.15) is 5.52 Å². The fraction of sp³-hybridized carbons (Fsp3) is 0. The van der Waals surface area contributed by atoms with E-state index in [1.54, 1.807) is 0 Å². The Labute approximate surface area is 162 Å². The van der Waals surface area contributed by atoms with Crippen molar-refractivity contribution >= 4 is 32.7 Å². The Hall–Kier alpha value is -3.85. The minimum atomic E-state index is 1.03. The summed E-state index contributed by atoms with van der Waals surface area (Å²) in [6.07, 6.45) is 2.11. The maximum absolute atomic E-state index is 4.97. The number of rotatable bonds is 2. The number of hydrogen-bond donors (Lipinski definition) is 0. The van der Waals surface area contributed by atoms with Crippen molar-refractivity contribution in [3.05, 3.63) is 103 Å². The third kappa shape index (κ3) is 2.13. The van der Waals surface area contributed by atoms with Crippen molar-refractivity contribution in [3.8, 4) is 11.4 Å². The van der Waals surface area contributed by atoms with Crippen molar-refractivity contribution in [2.75, 3.05) is 0 Å². The number of para-hydroxylation sites is 3. The minimum Gasteiger partial charge on any atom is -0.309 e. The predicted molar refractivity (Wildman–Crippen MR) is 115 cm³/mol. The average Bonchev–Trinajstić information content (AvgIpc) is 3.34. The van der Waals surface area contributed by atoms with Gasteiger partial charge in [0.25, 0.3) is 0 Å². The Balaban J connectivity index is 1.75. The van der Waals surface area contributed by atoms with Crippen molar-refractivity contribution in [3.63, 3.8) is 0 Å². The van der Waals surface area contributed by atoms with E-state index in [9.17, 15) is 0 Å². The number of hydrogen-bond acceptors (Lipinski definition) is 1. The molecule has 132 valence electrons. The fourth-order valence-electron chi connectivity index (χ4n) is 4.11. The average molecular weight is 359 g/mol. The summed E-state index contributed by atoms with van der Waals surface area (Å²) in [7, 11) is 0. The van der Waals surface area contributed by atoms with Crippen LogP contribution in [0.5, 0.6) is 0 Å². The van der Waals surface area contributed by atoms with E-state index >= 15 is 0 Å². The zero-order chi connectivity index (χ0) is 18.5. The topological polar surface area (TPSA) is 22.8 Å². The zero-order valence-electron chi connectivity index (χ0n) is 15.2. The van der Waals surface area contributed by atoms with E-state index in [1.165, 1.54) is 21.8 Å². The summed E-state index contributed by atoms with van der Waals surface area (Å²) in [6, 6.07) is 33.7. The van der Waals surface area contributed by atoms with Crippen LogP contribution in [0.3, 0.4) is 0 Å². The lowest BCUT2D eigenvalue weighted by Crippen LogP contribution is -1.93. The molecule has 0 fully saturated rings. The fourth-order valence-corrected chi connectivity index (χ4v) is 4.11. The van der Waals surface area contributed by atoms with Gasteiger partial charge >= 0.3 is 0 Å². The first-order valence-corrected chi connectivity index (χ1v) is 9.42. The number of benzene rings is 4. The third-order valence-electron chi connectivity index (χ3n) is 5.35. The van der Waals surface area contributed by atoms with Crippen molar-refractivity contribution in [1.82, 2.24) is 14.3 Å². The largest absolute Gasteiger partial charge is 0.309 e. The van der Waals surface area contributed by atoms with Crippen molar-refractivity contribution in [2.24, 2.45) is 0 Å². The van der Waals surface area contributed by atoms with Crippen LogP contribution in [0.1, 0.15) is 0 Å². The summed E-state index contributed by atoms with van der Waals surface area (Å²) in [4.78, 5) is 0. The van der Waals surface area contributed by atoms with E-state index in [-0.39, 0.29) is 0 Å². The zero-order valence-corrected chi connectivity index (χ0v) is 15.2. The molecular weight excluding hydrogens is 342 g/mol. The summed E-state index contributed by atoms with van der Waals surface area (Å²) in [5.74, 6) is 0. The molecule has 0 unspecified atom stereocenters. The number of nitrogens with zero attached hydrogens (tertiary/aromatic N) is 3. The first-order valence-electron chi connectivity index (χ1n) is 9.42. The highest BCUT2D eigenvalue weighted by Crippen LogP contribution is 2.36. The Morgan fingerprint density at radius 1 is 0.571 bits per heavy atom. The Morgan fingerprint density at radius 3 is 2.04 bits per heavy atom. The monoisotopic (exact) mass is 359 g/mol. The smallest absolute Gasteiger partial charge is 0.103 e. The first kappa shape index (κ1) is 15.2. The second-order valence-corrected chi connectivity index (χ2v) is 6.99. The summed E-state index contributed by atoms with van der Waals surface area (Å²) < 4.78 is 4.30. The van der Waals surface area contributed by atoms with Crippen LogP contribution in [0.15, 0.2) is 103 Å². The lowest BCUT2D eigenvalue weighted by Gasteiger charge is -2.07. The molecule has 2 aromatic heterocycles. The minimum absolute atomic E-state index is 1.03. The van der Waals surface area contributed by atoms with Gasteiger partial charge in [-0.15, -0.1) is 0 Å². The van der Waals surface area contributed by atoms with Crippen LogP contribution < -0.4 is 0 Å². The van der Waals surface area contributed by atoms with Crippen LogP contribution in [0.4, 0.5) is 0 Å². The van der Waals surface area contributed by atoms with Crippen LogP contribution in [0.25, 0.3) is 44.1 Å². The van der Waals surface area contributed by atoms with E-state index in [2.05, 4.69) is 89.6 Å². The van der Waals surface area contributed by atoms with E-state index < -0.39 is 0 Å². The molecule has 0 radical (unpaired) electrons. The molecule has 0 amide bonds. The summed E-state index contributed by atoms with van der Waals surface area (Å²) in [6.45, 7) is 0. The normalized spacial score (nSPS) is 11.6. The molecule has 0 atom stereocenters. The van der Waals surface area contributed by atoms with E-state index in [4.69, 9.17) is 5.10 Å². The van der Waals surface area contributed by atoms with Crippen LogP contribution in [0.2, 0.25) is 0 Å². The lowest BCUT2D eigenvalue weighted by molar-refractivity contribution is 0.898. The van der Waals surface area contributed by atoms with Crippen LogP contribution in [-0.2, 0) is 0 Å². The highest BCUT2D eigenvalue weighted by atomic mass is 15.3. The maximum atomic E-state index is 4.97. The van der Waals surface area contributed by atoms with E-state index in [0.717, 1.165) is 22.3 Å². The predicted octanol–water partition coefficient (Wildman–Crippen LogP) is 6.12. The third-order valence-corrected chi connectivity index (χ3v) is 5.35. The van der Waals surface area contributed by atoms with Gasteiger partial charge in [0.2, 0.25) is 0 Å². The summed E-state index contributed by atoms with van der Waals surface area (Å²) in [5.41, 5.74) is 5.64. The van der Waals surface area contributed by atoms with Gasteiger partial charge in [-0.2, -0.15) is 5.10 Å². The molecule has 4 aromatic carbocycles. The van der Waals surface area contributed by atoms with E-state index in [1.807, 2.05) is 22.9 Å². The Morgan fingerprint density at radius 2 is 1.25 bits per heavy atom. The second-order valence-electron chi connectivity index (χ2n) is 6.99. The Kier molecular flexibility index (Phi) is 3.17. The van der Waals surface area contributed by atoms with Crippen LogP contribution >= 0.6 is 0 Å². The number of aromatic nitrogens is 3. The standard InChI is InChI=1S/C25H17N3/c1-3-9-19(10-4-1)27-17-18-15-16-23-24(25(18)26-27)21-13-7-8-14-22(21)28(23)20-11-5-2-6-12-20/h1-17H. The number of fused-ring (bicyclic) bond motifs is 5. The maximum Gasteiger partial charge on any atom is 0.103 e. The first-order chi connectivity index (χ1) is 13.9. The molecule has 3 nitrogen and oxygen atoms in total. The highest BCUT2D eigenvalue weighted by molar-refractivity contribution is 6.20. The van der Waals surface area contributed by atoms with Gasteiger partial charge in [-0.1, -0.05) is 54.6 Å². The molecule has 28 heavy (non-hydrogen) atoms. The van der Waals surface area contributed by atoms with Crippen molar-refractivity contribution in [1.29, 1.82) is 0 Å². The lowest BCUT2D eigenvalue weighted by atomic mass is 10.1. The Bertz CT molecular complexity index is 1440. The highest BCUT2D eigenvalue weighted by Gasteiger charge is 2.16. The SMILES string of the molecule is c1ccc(-n2cc3ccc4c(c5ccccc5n4-c4ccccc4)c3n2)cc1. The van der Waals surface area contributed by atoms with E-state index in [0.29, 0.717) is 0 Å². The molecule has 0 aliphatic heterocycles. The molecule has 2 heterocycles. The molecule has 0 aliphatic rings. The van der Waals surface area contributed by atoms with Gasteiger partial charge in [0, 0.05) is 28.0 Å². The van der Waals surface area contributed by atoms with Crippen LogP contribution in [-0.4, -0.2) is 14.3 Å². The quantitative estimate of drug-likeness (QED) is 0.365. The van der Waals surface area contributed by atoms with Gasteiger partial charge in [-0.25, -0.2) is 4.68 Å². The molecule has 6 aromatic rings. The van der Waals surface area contributed by atoms with Gasteiger partial charge < -0.3 is 4.57 Å². The van der Waals surface area contributed by atoms with Crippen molar-refractivity contribution < 1.29 is 0 Å². The summed E-state index contributed by atoms with van der Waals surface area (Å²) in [5, 5.41) is 8.54. The van der Waals surface area contributed by atoms with Crippen LogP contribution in [0, 0.1) is 0 Å². The molecule has 0 bridgehead atoms. The molecule has 0 aliphatic carbocycles. The van der Waals surface area contributed by atoms with Crippen molar-refractivity contribution in [2.45, 2.75) is 0 Å². The molecule has 0 N–H and O–H groups in total. The second kappa shape index (κ2) is 5.83. The molecule has 0 spiro atoms.